The minimum absolute atomic E-state index is 0.00537. The maximum Gasteiger partial charge on any atom is 0.225 e. The molecule has 0 radical (unpaired) electrons. The summed E-state index contributed by atoms with van der Waals surface area (Å²) in [4.78, 5) is 25.7. The summed E-state index contributed by atoms with van der Waals surface area (Å²) in [5.41, 5.74) is 5.03. The van der Waals surface area contributed by atoms with Gasteiger partial charge >= 0.3 is 0 Å². The van der Waals surface area contributed by atoms with Crippen molar-refractivity contribution in [2.45, 2.75) is 58.3 Å². The van der Waals surface area contributed by atoms with Gasteiger partial charge in [-0.3, -0.25) is 9.59 Å². The van der Waals surface area contributed by atoms with Crippen molar-refractivity contribution in [3.05, 3.63) is 76.5 Å². The van der Waals surface area contributed by atoms with E-state index in [9.17, 15) is 9.59 Å². The molecule has 1 amide bonds. The quantitative estimate of drug-likeness (QED) is 0.695. The van der Waals surface area contributed by atoms with Gasteiger partial charge in [0.1, 0.15) is 5.75 Å². The zero-order chi connectivity index (χ0) is 22.0. The molecule has 162 valence electrons. The smallest absolute Gasteiger partial charge is 0.225 e. The third-order valence-corrected chi connectivity index (χ3v) is 6.26. The minimum atomic E-state index is -0.144. The van der Waals surface area contributed by atoms with Crippen LogP contribution in [0.5, 0.6) is 5.75 Å². The Labute approximate surface area is 184 Å². The Morgan fingerprint density at radius 3 is 2.26 bits per heavy atom. The second-order valence-electron chi connectivity index (χ2n) is 9.09. The number of carbonyl (C=O) groups excluding carboxylic acids is 2. The average molecular weight is 418 g/mol. The summed E-state index contributed by atoms with van der Waals surface area (Å²) in [6.45, 7) is 7.05. The van der Waals surface area contributed by atoms with Gasteiger partial charge in [-0.25, -0.2) is 0 Å². The van der Waals surface area contributed by atoms with Crippen LogP contribution in [0.4, 0.5) is 0 Å². The summed E-state index contributed by atoms with van der Waals surface area (Å²) in [6, 6.07) is 16.4. The van der Waals surface area contributed by atoms with Crippen LogP contribution in [-0.2, 0) is 16.0 Å². The van der Waals surface area contributed by atoms with Crippen LogP contribution in [-0.4, -0.2) is 18.3 Å². The minimum Gasteiger partial charge on any atom is -0.493 e. The largest absolute Gasteiger partial charge is 0.493 e. The van der Waals surface area contributed by atoms with Crippen molar-refractivity contribution in [1.29, 1.82) is 0 Å². The van der Waals surface area contributed by atoms with E-state index in [1.54, 1.807) is 0 Å². The summed E-state index contributed by atoms with van der Waals surface area (Å²) in [6.07, 6.45) is 2.47. The monoisotopic (exact) mass is 417 g/mol. The van der Waals surface area contributed by atoms with E-state index in [1.807, 2.05) is 24.3 Å². The fourth-order valence-corrected chi connectivity index (χ4v) is 4.57. The van der Waals surface area contributed by atoms with E-state index < -0.39 is 0 Å². The maximum absolute atomic E-state index is 13.2. The molecule has 1 N–H and O–H groups in total. The summed E-state index contributed by atoms with van der Waals surface area (Å²) >= 11 is 0. The predicted octanol–water partition coefficient (Wildman–Crippen LogP) is 5.29. The molecule has 2 aromatic rings. The van der Waals surface area contributed by atoms with Crippen LogP contribution in [0.2, 0.25) is 0 Å². The molecule has 0 bridgehead atoms. The van der Waals surface area contributed by atoms with E-state index in [0.29, 0.717) is 31.8 Å². The SMILES string of the molecule is CCc1ccc(C2CC(=O)NC3=C2C(=O)CC(c2ccc(OCC(C)C)cc2)C3)cc1. The van der Waals surface area contributed by atoms with Crippen molar-refractivity contribution < 1.29 is 14.3 Å². The van der Waals surface area contributed by atoms with Crippen LogP contribution in [0.1, 0.15) is 68.6 Å². The predicted molar refractivity (Wildman–Crippen MR) is 122 cm³/mol. The standard InChI is InChI=1S/C27H31NO3/c1-4-18-5-7-20(8-6-18)23-15-26(30)28-24-13-21(14-25(29)27(23)24)19-9-11-22(12-10-19)31-16-17(2)3/h5-12,17,21,23H,4,13-16H2,1-3H3,(H,28,30). The van der Waals surface area contributed by atoms with E-state index in [4.69, 9.17) is 4.74 Å². The second-order valence-corrected chi connectivity index (χ2v) is 9.09. The Morgan fingerprint density at radius 2 is 1.61 bits per heavy atom. The van der Waals surface area contributed by atoms with Gasteiger partial charge in [-0.1, -0.05) is 57.2 Å². The van der Waals surface area contributed by atoms with Crippen LogP contribution in [0.25, 0.3) is 0 Å². The molecule has 1 aliphatic carbocycles. The summed E-state index contributed by atoms with van der Waals surface area (Å²) in [7, 11) is 0. The fourth-order valence-electron chi connectivity index (χ4n) is 4.57. The van der Waals surface area contributed by atoms with E-state index in [0.717, 1.165) is 34.6 Å². The van der Waals surface area contributed by atoms with Gasteiger partial charge in [0.05, 0.1) is 6.61 Å². The van der Waals surface area contributed by atoms with Gasteiger partial charge in [0.2, 0.25) is 5.91 Å². The lowest BCUT2D eigenvalue weighted by Crippen LogP contribution is -2.38. The number of Topliss-reactive ketones (excluding diaryl/α,β-unsaturated/α-hetero) is 1. The lowest BCUT2D eigenvalue weighted by Gasteiger charge is -2.34. The number of hydrogen-bond donors (Lipinski definition) is 1. The normalized spacial score (nSPS) is 21.2. The van der Waals surface area contributed by atoms with E-state index in [1.165, 1.54) is 5.56 Å². The lowest BCUT2D eigenvalue weighted by atomic mass is 9.73. The van der Waals surface area contributed by atoms with Crippen LogP contribution < -0.4 is 10.1 Å². The second kappa shape index (κ2) is 9.09. The molecule has 2 unspecified atom stereocenters. The Bertz CT molecular complexity index is 986. The molecule has 2 aliphatic rings. The highest BCUT2D eigenvalue weighted by atomic mass is 16.5. The highest BCUT2D eigenvalue weighted by Gasteiger charge is 2.38. The molecule has 0 saturated carbocycles. The average Bonchev–Trinajstić information content (AvgIpc) is 2.77. The molecule has 1 aliphatic heterocycles. The summed E-state index contributed by atoms with van der Waals surface area (Å²) in [5, 5.41) is 3.01. The lowest BCUT2D eigenvalue weighted by molar-refractivity contribution is -0.122. The van der Waals surface area contributed by atoms with Gasteiger partial charge in [0.15, 0.2) is 5.78 Å². The highest BCUT2D eigenvalue weighted by Crippen LogP contribution is 2.42. The number of amides is 1. The van der Waals surface area contributed by atoms with Crippen molar-refractivity contribution in [3.8, 4) is 5.75 Å². The van der Waals surface area contributed by atoms with Crippen molar-refractivity contribution in [2.24, 2.45) is 5.92 Å². The van der Waals surface area contributed by atoms with E-state index in [-0.39, 0.29) is 23.5 Å². The van der Waals surface area contributed by atoms with Crippen LogP contribution in [0.3, 0.4) is 0 Å². The molecule has 0 aromatic heterocycles. The molecule has 4 nitrogen and oxygen atoms in total. The molecule has 4 rings (SSSR count). The number of hydrogen-bond acceptors (Lipinski definition) is 3. The Kier molecular flexibility index (Phi) is 6.26. The van der Waals surface area contributed by atoms with Gasteiger partial charge in [0, 0.05) is 30.0 Å². The Hall–Kier alpha value is -2.88. The molecule has 2 aromatic carbocycles. The zero-order valence-corrected chi connectivity index (χ0v) is 18.6. The number of ether oxygens (including phenoxy) is 1. The van der Waals surface area contributed by atoms with Gasteiger partial charge < -0.3 is 10.1 Å². The first-order chi connectivity index (χ1) is 14.9. The summed E-state index contributed by atoms with van der Waals surface area (Å²) < 4.78 is 5.78. The molecule has 0 spiro atoms. The molecule has 31 heavy (non-hydrogen) atoms. The van der Waals surface area contributed by atoms with Crippen LogP contribution in [0, 0.1) is 5.92 Å². The number of nitrogens with one attached hydrogen (secondary N) is 1. The topological polar surface area (TPSA) is 55.4 Å². The third-order valence-electron chi connectivity index (χ3n) is 6.26. The Morgan fingerprint density at radius 1 is 0.935 bits per heavy atom. The first-order valence-corrected chi connectivity index (χ1v) is 11.3. The molecular weight excluding hydrogens is 386 g/mol. The van der Waals surface area contributed by atoms with Crippen LogP contribution in [0.15, 0.2) is 59.8 Å². The number of benzene rings is 2. The highest BCUT2D eigenvalue weighted by molar-refractivity contribution is 6.02. The first kappa shape index (κ1) is 21.4. The van der Waals surface area contributed by atoms with Gasteiger partial charge in [-0.2, -0.15) is 0 Å². The van der Waals surface area contributed by atoms with Crippen molar-refractivity contribution in [2.75, 3.05) is 6.61 Å². The first-order valence-electron chi connectivity index (χ1n) is 11.3. The molecular formula is C27H31NO3. The zero-order valence-electron chi connectivity index (χ0n) is 18.6. The van der Waals surface area contributed by atoms with Crippen molar-refractivity contribution in [1.82, 2.24) is 5.32 Å². The number of aryl methyl sites for hydroxylation is 1. The number of allylic oxidation sites excluding steroid dienone is 2. The number of rotatable bonds is 6. The molecule has 4 heteroatoms. The summed E-state index contributed by atoms with van der Waals surface area (Å²) in [5.74, 6) is 1.40. The molecule has 0 fully saturated rings. The fraction of sp³-hybridized carbons (Fsp3) is 0.407. The molecule has 1 heterocycles. The van der Waals surface area contributed by atoms with E-state index >= 15 is 0 Å². The number of ketones is 1. The van der Waals surface area contributed by atoms with Gasteiger partial charge in [-0.05, 0) is 53.5 Å². The van der Waals surface area contributed by atoms with Crippen molar-refractivity contribution in [3.63, 3.8) is 0 Å². The Balaban J connectivity index is 1.56. The van der Waals surface area contributed by atoms with Gasteiger partial charge in [-0.15, -0.1) is 0 Å². The number of carbonyl (C=O) groups is 2. The van der Waals surface area contributed by atoms with Crippen molar-refractivity contribution >= 4 is 11.7 Å². The van der Waals surface area contributed by atoms with Crippen LogP contribution >= 0.6 is 0 Å². The maximum atomic E-state index is 13.2. The molecule has 2 atom stereocenters. The van der Waals surface area contributed by atoms with Gasteiger partial charge in [0.25, 0.3) is 0 Å². The molecule has 0 saturated heterocycles. The van der Waals surface area contributed by atoms with E-state index in [2.05, 4.69) is 50.4 Å². The third kappa shape index (κ3) is 4.73.